The second-order valence-corrected chi connectivity index (χ2v) is 13.6. The normalized spacial score (nSPS) is 11.8. The van der Waals surface area contributed by atoms with Gasteiger partial charge >= 0.3 is 0 Å². The third-order valence-corrected chi connectivity index (χ3v) is 10.5. The summed E-state index contributed by atoms with van der Waals surface area (Å²) in [5.41, 5.74) is 6.61. The molecule has 0 spiro atoms. The van der Waals surface area contributed by atoms with E-state index < -0.39 is 0 Å². The summed E-state index contributed by atoms with van der Waals surface area (Å²) >= 11 is 0. The van der Waals surface area contributed by atoms with Crippen LogP contribution in [-0.4, -0.2) is 15.0 Å². The zero-order chi connectivity index (χ0) is 34.9. The van der Waals surface area contributed by atoms with Crippen molar-refractivity contribution in [1.82, 2.24) is 15.0 Å². The first-order valence-corrected chi connectivity index (χ1v) is 17.9. The Morgan fingerprint density at radius 2 is 0.849 bits per heavy atom. The molecule has 0 saturated heterocycles. The number of nitrogens with zero attached hydrogens (tertiary/aromatic N) is 3. The van der Waals surface area contributed by atoms with Gasteiger partial charge in [0.05, 0.1) is 0 Å². The van der Waals surface area contributed by atoms with Crippen molar-refractivity contribution in [1.29, 1.82) is 0 Å². The SMILES string of the molecule is c1ccc(-c2cccc3oc4ccccc4c23)c(-c2nc(-c3ccc4ccccc4c3)nc(-c3ccc4ccc5ccc6ccccc6c5c4c3)n2)c1. The Balaban J connectivity index is 1.17. The monoisotopic (exact) mass is 675 g/mol. The van der Waals surface area contributed by atoms with Crippen molar-refractivity contribution in [2.75, 3.05) is 0 Å². The van der Waals surface area contributed by atoms with Crippen LogP contribution in [0, 0.1) is 0 Å². The van der Waals surface area contributed by atoms with Crippen molar-refractivity contribution in [2.24, 2.45) is 0 Å². The lowest BCUT2D eigenvalue weighted by molar-refractivity contribution is 0.669. The van der Waals surface area contributed by atoms with Gasteiger partial charge in [-0.05, 0) is 78.5 Å². The first-order chi connectivity index (χ1) is 26.2. The number of para-hydroxylation sites is 1. The highest BCUT2D eigenvalue weighted by molar-refractivity contribution is 6.20. The molecule has 0 unspecified atom stereocenters. The van der Waals surface area contributed by atoms with Gasteiger partial charge in [0.15, 0.2) is 17.5 Å². The quantitative estimate of drug-likeness (QED) is 0.174. The molecule has 2 aromatic heterocycles. The maximum Gasteiger partial charge on any atom is 0.164 e. The van der Waals surface area contributed by atoms with E-state index in [1.54, 1.807) is 0 Å². The minimum absolute atomic E-state index is 0.613. The van der Waals surface area contributed by atoms with Gasteiger partial charge in [0.2, 0.25) is 0 Å². The Morgan fingerprint density at radius 3 is 1.68 bits per heavy atom. The van der Waals surface area contributed by atoms with Crippen LogP contribution in [0.15, 0.2) is 180 Å². The predicted octanol–water partition coefficient (Wildman–Crippen LogP) is 13.1. The van der Waals surface area contributed by atoms with Crippen LogP contribution in [0.1, 0.15) is 0 Å². The van der Waals surface area contributed by atoms with Gasteiger partial charge in [-0.1, -0.05) is 152 Å². The second-order valence-electron chi connectivity index (χ2n) is 13.6. The first kappa shape index (κ1) is 29.5. The lowest BCUT2D eigenvalue weighted by atomic mass is 9.94. The fourth-order valence-corrected chi connectivity index (χ4v) is 7.96. The van der Waals surface area contributed by atoms with E-state index in [-0.39, 0.29) is 0 Å². The van der Waals surface area contributed by atoms with Gasteiger partial charge in [-0.3, -0.25) is 0 Å². The molecule has 11 aromatic rings. The van der Waals surface area contributed by atoms with E-state index in [1.165, 1.54) is 37.7 Å². The van der Waals surface area contributed by atoms with Crippen molar-refractivity contribution < 1.29 is 4.42 Å². The lowest BCUT2D eigenvalue weighted by Crippen LogP contribution is -2.01. The molecule has 11 rings (SSSR count). The van der Waals surface area contributed by atoms with Crippen LogP contribution in [0.4, 0.5) is 0 Å². The van der Waals surface area contributed by atoms with Crippen LogP contribution in [0.5, 0.6) is 0 Å². The standard InChI is InChI=1S/C49H29N3O/c1-2-12-34-28-35(26-20-30(34)10-1)47-50-48(36-27-23-32-22-25-33-24-21-31-11-3-4-13-37(31)45(33)42(32)29-36)52-49(51-47)40-15-6-5-14-38(40)39-17-9-19-44-46(39)41-16-7-8-18-43(41)53-44/h1-29H. The minimum Gasteiger partial charge on any atom is -0.456 e. The summed E-state index contributed by atoms with van der Waals surface area (Å²) in [4.78, 5) is 15.7. The molecule has 53 heavy (non-hydrogen) atoms. The highest BCUT2D eigenvalue weighted by Gasteiger charge is 2.19. The summed E-state index contributed by atoms with van der Waals surface area (Å²) in [6.45, 7) is 0. The van der Waals surface area contributed by atoms with Crippen molar-refractivity contribution in [3.05, 3.63) is 176 Å². The maximum absolute atomic E-state index is 6.30. The van der Waals surface area contributed by atoms with Crippen LogP contribution >= 0.6 is 0 Å². The number of aromatic nitrogens is 3. The Hall–Kier alpha value is -7.17. The van der Waals surface area contributed by atoms with Crippen LogP contribution in [-0.2, 0) is 0 Å². The van der Waals surface area contributed by atoms with Crippen LogP contribution in [0.25, 0.3) is 110 Å². The van der Waals surface area contributed by atoms with Gasteiger partial charge in [0.1, 0.15) is 11.2 Å². The molecule has 0 aliphatic carbocycles. The van der Waals surface area contributed by atoms with E-state index in [0.29, 0.717) is 17.5 Å². The Morgan fingerprint density at radius 1 is 0.302 bits per heavy atom. The minimum atomic E-state index is 0.613. The fraction of sp³-hybridized carbons (Fsp3) is 0. The molecule has 0 radical (unpaired) electrons. The molecule has 2 heterocycles. The number of fused-ring (bicyclic) bond motifs is 9. The summed E-state index contributed by atoms with van der Waals surface area (Å²) < 4.78 is 6.30. The van der Waals surface area contributed by atoms with Gasteiger partial charge in [-0.15, -0.1) is 0 Å². The lowest BCUT2D eigenvalue weighted by Gasteiger charge is -2.14. The average molecular weight is 676 g/mol. The van der Waals surface area contributed by atoms with E-state index in [1.807, 2.05) is 18.2 Å². The summed E-state index contributed by atoms with van der Waals surface area (Å²) in [6.07, 6.45) is 0. The van der Waals surface area contributed by atoms with Gasteiger partial charge < -0.3 is 4.42 Å². The van der Waals surface area contributed by atoms with E-state index in [4.69, 9.17) is 19.4 Å². The Kier molecular flexibility index (Phi) is 6.52. The fourth-order valence-electron chi connectivity index (χ4n) is 7.96. The zero-order valence-electron chi connectivity index (χ0n) is 28.5. The van der Waals surface area contributed by atoms with Crippen molar-refractivity contribution in [2.45, 2.75) is 0 Å². The molecule has 0 N–H and O–H groups in total. The molecule has 0 saturated carbocycles. The zero-order valence-corrected chi connectivity index (χ0v) is 28.5. The maximum atomic E-state index is 6.30. The molecule has 9 aromatic carbocycles. The van der Waals surface area contributed by atoms with E-state index in [9.17, 15) is 0 Å². The molecule has 0 aliphatic rings. The molecule has 246 valence electrons. The molecule has 0 amide bonds. The highest BCUT2D eigenvalue weighted by atomic mass is 16.3. The average Bonchev–Trinajstić information content (AvgIpc) is 3.62. The number of rotatable bonds is 4. The second kappa shape index (κ2) is 11.7. The van der Waals surface area contributed by atoms with Crippen molar-refractivity contribution in [3.8, 4) is 45.3 Å². The van der Waals surface area contributed by atoms with Crippen molar-refractivity contribution in [3.63, 3.8) is 0 Å². The van der Waals surface area contributed by atoms with Gasteiger partial charge in [0, 0.05) is 27.5 Å². The highest BCUT2D eigenvalue weighted by Crippen LogP contribution is 2.41. The molecule has 4 nitrogen and oxygen atoms in total. The molecule has 0 fully saturated rings. The number of hydrogen-bond acceptors (Lipinski definition) is 4. The summed E-state index contributed by atoms with van der Waals surface area (Å²) in [6, 6.07) is 61.6. The molecule has 0 atom stereocenters. The predicted molar refractivity (Wildman–Crippen MR) is 219 cm³/mol. The molecular weight excluding hydrogens is 647 g/mol. The van der Waals surface area contributed by atoms with E-state index in [2.05, 4.69) is 158 Å². The first-order valence-electron chi connectivity index (χ1n) is 17.9. The largest absolute Gasteiger partial charge is 0.456 e. The van der Waals surface area contributed by atoms with E-state index in [0.717, 1.165) is 55.1 Å². The summed E-state index contributed by atoms with van der Waals surface area (Å²) in [5, 5.41) is 11.7. The van der Waals surface area contributed by atoms with E-state index >= 15 is 0 Å². The summed E-state index contributed by atoms with van der Waals surface area (Å²) in [7, 11) is 0. The van der Waals surface area contributed by atoms with Crippen molar-refractivity contribution >= 4 is 65.0 Å². The Bertz CT molecular complexity index is 3250. The third-order valence-electron chi connectivity index (χ3n) is 10.5. The van der Waals surface area contributed by atoms with Gasteiger partial charge in [-0.25, -0.2) is 15.0 Å². The van der Waals surface area contributed by atoms with Crippen LogP contribution in [0.2, 0.25) is 0 Å². The Labute approximate surface area is 304 Å². The van der Waals surface area contributed by atoms with Gasteiger partial charge in [-0.2, -0.15) is 0 Å². The molecule has 4 heteroatoms. The number of benzene rings is 9. The topological polar surface area (TPSA) is 51.8 Å². The molecular formula is C49H29N3O. The molecule has 0 aliphatic heterocycles. The third kappa shape index (κ3) is 4.80. The summed E-state index contributed by atoms with van der Waals surface area (Å²) in [5.74, 6) is 1.86. The van der Waals surface area contributed by atoms with Crippen LogP contribution < -0.4 is 0 Å². The van der Waals surface area contributed by atoms with Gasteiger partial charge in [0.25, 0.3) is 0 Å². The number of hydrogen-bond donors (Lipinski definition) is 0. The van der Waals surface area contributed by atoms with Crippen LogP contribution in [0.3, 0.4) is 0 Å². The number of furan rings is 1. The smallest absolute Gasteiger partial charge is 0.164 e. The molecule has 0 bridgehead atoms.